The largest absolute Gasteiger partial charge is 0.467 e. The molecule has 0 fully saturated rings. The van der Waals surface area contributed by atoms with E-state index in [4.69, 9.17) is 9.47 Å². The van der Waals surface area contributed by atoms with Crippen LogP contribution in [0.3, 0.4) is 0 Å². The van der Waals surface area contributed by atoms with Gasteiger partial charge in [-0.3, -0.25) is 14.4 Å². The first-order valence-corrected chi connectivity index (χ1v) is 9.66. The summed E-state index contributed by atoms with van der Waals surface area (Å²) < 4.78 is 9.84. The zero-order valence-corrected chi connectivity index (χ0v) is 16.2. The van der Waals surface area contributed by atoms with E-state index in [1.165, 1.54) is 7.11 Å². The molecule has 0 saturated carbocycles. The van der Waals surface area contributed by atoms with Gasteiger partial charge >= 0.3 is 11.9 Å². The quantitative estimate of drug-likeness (QED) is 0.482. The molecule has 0 radical (unpaired) electrons. The summed E-state index contributed by atoms with van der Waals surface area (Å²) in [6, 6.07) is -0.727. The lowest BCUT2D eigenvalue weighted by atomic mass is 9.99. The van der Waals surface area contributed by atoms with Crippen LogP contribution >= 0.6 is 23.5 Å². The highest BCUT2D eigenvalue weighted by molar-refractivity contribution is 8.40. The first-order valence-electron chi connectivity index (χ1n) is 7.79. The minimum atomic E-state index is -1.01. The van der Waals surface area contributed by atoms with Gasteiger partial charge in [0.05, 0.1) is 19.5 Å². The number of rotatable bonds is 8. The number of thioether (sulfide) groups is 2. The molecule has 0 aromatic heterocycles. The standard InChI is InChI=1S/C15H22N2O6S2/c1-5-8(3)10(13(20)22-4)16-9(18)7-24-15-17-12(19)11(25-15)14(21)23-6-2/h8,10-11H,5-7H2,1-4H3,(H,16,18)/t8-,10+,11+/m0/s1. The summed E-state index contributed by atoms with van der Waals surface area (Å²) in [5, 5.41) is 1.63. The first-order chi connectivity index (χ1) is 11.8. The van der Waals surface area contributed by atoms with Crippen LogP contribution in [0, 0.1) is 5.92 Å². The van der Waals surface area contributed by atoms with Crippen molar-refractivity contribution in [3.8, 4) is 0 Å². The van der Waals surface area contributed by atoms with Crippen molar-refractivity contribution in [2.75, 3.05) is 19.5 Å². The molecule has 25 heavy (non-hydrogen) atoms. The van der Waals surface area contributed by atoms with Crippen LogP contribution in [0.1, 0.15) is 27.2 Å². The fourth-order valence-electron chi connectivity index (χ4n) is 1.90. The molecule has 0 bridgehead atoms. The summed E-state index contributed by atoms with van der Waals surface area (Å²) in [5.41, 5.74) is 0. The number of nitrogens with one attached hydrogen (secondary N) is 1. The lowest BCUT2D eigenvalue weighted by molar-refractivity contribution is -0.146. The van der Waals surface area contributed by atoms with Crippen molar-refractivity contribution < 1.29 is 28.7 Å². The van der Waals surface area contributed by atoms with E-state index in [2.05, 4.69) is 10.3 Å². The topological polar surface area (TPSA) is 111 Å². The smallest absolute Gasteiger partial charge is 0.329 e. The Balaban J connectivity index is 2.53. The average Bonchev–Trinajstić information content (AvgIpc) is 2.97. The molecule has 0 aromatic carbocycles. The number of esters is 2. The maximum atomic E-state index is 12.1. The third kappa shape index (κ3) is 6.35. The van der Waals surface area contributed by atoms with Crippen molar-refractivity contribution in [2.45, 2.75) is 38.5 Å². The fraction of sp³-hybridized carbons (Fsp3) is 0.667. The molecule has 2 amide bonds. The van der Waals surface area contributed by atoms with Gasteiger partial charge in [0.25, 0.3) is 5.91 Å². The summed E-state index contributed by atoms with van der Waals surface area (Å²) in [4.78, 5) is 50.9. The van der Waals surface area contributed by atoms with Gasteiger partial charge in [-0.05, 0) is 12.8 Å². The van der Waals surface area contributed by atoms with Crippen molar-refractivity contribution in [1.82, 2.24) is 5.32 Å². The van der Waals surface area contributed by atoms with E-state index >= 15 is 0 Å². The Bertz CT molecular complexity index is 566. The van der Waals surface area contributed by atoms with E-state index in [9.17, 15) is 19.2 Å². The predicted molar refractivity (Wildman–Crippen MR) is 96.3 cm³/mol. The van der Waals surface area contributed by atoms with Gasteiger partial charge in [-0.25, -0.2) is 4.79 Å². The molecule has 10 heteroatoms. The molecule has 0 spiro atoms. The van der Waals surface area contributed by atoms with Crippen LogP contribution in [-0.2, 0) is 28.7 Å². The maximum Gasteiger partial charge on any atom is 0.329 e. The molecular formula is C15H22N2O6S2. The molecule has 0 aromatic rings. The minimum absolute atomic E-state index is 0.0292. The molecule has 0 unspecified atom stereocenters. The van der Waals surface area contributed by atoms with Gasteiger partial charge in [-0.1, -0.05) is 43.8 Å². The van der Waals surface area contributed by atoms with Crippen LogP contribution in [0.4, 0.5) is 0 Å². The Labute approximate surface area is 154 Å². The molecule has 1 heterocycles. The molecule has 1 aliphatic heterocycles. The average molecular weight is 390 g/mol. The van der Waals surface area contributed by atoms with Gasteiger partial charge in [0.1, 0.15) is 10.4 Å². The molecular weight excluding hydrogens is 368 g/mol. The number of ether oxygens (including phenoxy) is 2. The Morgan fingerprint density at radius 2 is 2.04 bits per heavy atom. The minimum Gasteiger partial charge on any atom is -0.467 e. The predicted octanol–water partition coefficient (Wildman–Crippen LogP) is 0.985. The second-order valence-corrected chi connectivity index (χ2v) is 7.52. The maximum absolute atomic E-state index is 12.1. The van der Waals surface area contributed by atoms with Crippen molar-refractivity contribution in [1.29, 1.82) is 0 Å². The highest BCUT2D eigenvalue weighted by Gasteiger charge is 2.36. The normalized spacial score (nSPS) is 19.0. The van der Waals surface area contributed by atoms with Crippen molar-refractivity contribution in [3.05, 3.63) is 0 Å². The summed E-state index contributed by atoms with van der Waals surface area (Å²) in [6.45, 7) is 5.58. The number of nitrogens with zero attached hydrogens (tertiary/aromatic N) is 1. The van der Waals surface area contributed by atoms with Crippen LogP contribution in [0.5, 0.6) is 0 Å². The summed E-state index contributed by atoms with van der Waals surface area (Å²) in [6.07, 6.45) is 0.700. The zero-order chi connectivity index (χ0) is 19.0. The zero-order valence-electron chi connectivity index (χ0n) is 14.6. The molecule has 1 N–H and O–H groups in total. The second-order valence-electron chi connectivity index (χ2n) is 5.21. The van der Waals surface area contributed by atoms with Crippen molar-refractivity contribution in [2.24, 2.45) is 10.9 Å². The van der Waals surface area contributed by atoms with E-state index in [1.54, 1.807) is 6.92 Å². The van der Waals surface area contributed by atoms with Gasteiger partial charge in [0, 0.05) is 0 Å². The Kier molecular flexibility index (Phi) is 8.98. The van der Waals surface area contributed by atoms with Crippen LogP contribution in [0.2, 0.25) is 0 Å². The van der Waals surface area contributed by atoms with Gasteiger partial charge < -0.3 is 14.8 Å². The monoisotopic (exact) mass is 390 g/mol. The van der Waals surface area contributed by atoms with Gasteiger partial charge in [0.2, 0.25) is 5.91 Å². The third-order valence-corrected chi connectivity index (χ3v) is 5.77. The van der Waals surface area contributed by atoms with Crippen LogP contribution in [0.25, 0.3) is 0 Å². The highest BCUT2D eigenvalue weighted by Crippen LogP contribution is 2.30. The van der Waals surface area contributed by atoms with Crippen LogP contribution in [-0.4, -0.2) is 58.9 Å². The van der Waals surface area contributed by atoms with Crippen LogP contribution < -0.4 is 5.32 Å². The van der Waals surface area contributed by atoms with E-state index in [-0.39, 0.29) is 24.2 Å². The van der Waals surface area contributed by atoms with E-state index in [0.29, 0.717) is 10.8 Å². The molecule has 1 rings (SSSR count). The Morgan fingerprint density at radius 1 is 1.36 bits per heavy atom. The number of aliphatic imine (C=N–C) groups is 1. The highest BCUT2D eigenvalue weighted by atomic mass is 32.2. The number of hydrogen-bond donors (Lipinski definition) is 1. The molecule has 140 valence electrons. The molecule has 3 atom stereocenters. The number of hydrogen-bond acceptors (Lipinski definition) is 8. The Morgan fingerprint density at radius 3 is 2.60 bits per heavy atom. The Hall–Kier alpha value is -1.55. The second kappa shape index (κ2) is 10.4. The number of carbonyl (C=O) groups is 4. The molecule has 8 nitrogen and oxygen atoms in total. The number of methoxy groups -OCH3 is 1. The lowest BCUT2D eigenvalue weighted by Gasteiger charge is -2.21. The van der Waals surface area contributed by atoms with E-state index in [1.807, 2.05) is 13.8 Å². The third-order valence-electron chi connectivity index (χ3n) is 3.46. The van der Waals surface area contributed by atoms with Gasteiger partial charge in [-0.15, -0.1) is 0 Å². The summed E-state index contributed by atoms with van der Waals surface area (Å²) >= 11 is 2.00. The number of amides is 2. The lowest BCUT2D eigenvalue weighted by Crippen LogP contribution is -2.46. The SMILES string of the molecule is CCOC(=O)[C@@H]1SC(SCC(=O)N[C@@H](C(=O)OC)[C@@H](C)CC)=NC1=O. The number of carbonyl (C=O) groups excluding carboxylic acids is 4. The van der Waals surface area contributed by atoms with Crippen molar-refractivity contribution >= 4 is 51.7 Å². The fourth-order valence-corrected chi connectivity index (χ4v) is 3.79. The first kappa shape index (κ1) is 21.5. The summed E-state index contributed by atoms with van der Waals surface area (Å²) in [7, 11) is 1.27. The van der Waals surface area contributed by atoms with E-state index < -0.39 is 29.1 Å². The molecule has 0 aliphatic carbocycles. The van der Waals surface area contributed by atoms with Gasteiger partial charge in [0.15, 0.2) is 5.25 Å². The summed E-state index contributed by atoms with van der Waals surface area (Å²) in [5.74, 6) is -2.20. The van der Waals surface area contributed by atoms with Crippen molar-refractivity contribution in [3.63, 3.8) is 0 Å². The van der Waals surface area contributed by atoms with Gasteiger partial charge in [-0.2, -0.15) is 4.99 Å². The molecule has 1 aliphatic rings. The van der Waals surface area contributed by atoms with E-state index in [0.717, 1.165) is 23.5 Å². The van der Waals surface area contributed by atoms with Crippen LogP contribution in [0.15, 0.2) is 4.99 Å². The molecule has 0 saturated heterocycles.